The molecule has 7 heteroatoms. The molecule has 0 saturated carbocycles. The molecule has 2 aliphatic heterocycles. The molecule has 2 heterocycles. The second kappa shape index (κ2) is 9.16. The van der Waals surface area contributed by atoms with Gasteiger partial charge in [-0.1, -0.05) is 60.7 Å². The minimum Gasteiger partial charge on any atom is -0.447 e. The second-order valence-corrected chi connectivity index (χ2v) is 7.98. The molecule has 2 amide bonds. The lowest BCUT2D eigenvalue weighted by atomic mass is 10.0. The van der Waals surface area contributed by atoms with Gasteiger partial charge in [0.15, 0.2) is 0 Å². The molecule has 1 unspecified atom stereocenters. The number of rotatable bonds is 6. The molecule has 1 fully saturated rings. The van der Waals surface area contributed by atoms with Gasteiger partial charge < -0.3 is 10.1 Å². The lowest BCUT2D eigenvalue weighted by Gasteiger charge is -2.23. The third kappa shape index (κ3) is 4.43. The molecule has 5 rings (SSSR count). The Morgan fingerprint density at radius 2 is 1.70 bits per heavy atom. The minimum atomic E-state index is -0.343. The molecule has 3 aromatic carbocycles. The molecule has 7 nitrogen and oxygen atoms in total. The summed E-state index contributed by atoms with van der Waals surface area (Å²) in [5.41, 5.74) is 4.21. The highest BCUT2D eigenvalue weighted by molar-refractivity contribution is 6.39. The fourth-order valence-electron chi connectivity index (χ4n) is 4.15. The van der Waals surface area contributed by atoms with Gasteiger partial charge in [-0.3, -0.25) is 14.7 Å². The number of para-hydroxylation sites is 1. The van der Waals surface area contributed by atoms with Gasteiger partial charge in [-0.15, -0.1) is 0 Å². The number of cyclic esters (lactones) is 1. The topological polar surface area (TPSA) is 74.2 Å². The van der Waals surface area contributed by atoms with Crippen LogP contribution >= 0.6 is 0 Å². The van der Waals surface area contributed by atoms with E-state index in [9.17, 15) is 9.59 Å². The van der Waals surface area contributed by atoms with Crippen LogP contribution in [0.2, 0.25) is 0 Å². The predicted molar refractivity (Wildman–Crippen MR) is 127 cm³/mol. The van der Waals surface area contributed by atoms with Crippen molar-refractivity contribution in [3.63, 3.8) is 0 Å². The molecule has 0 radical (unpaired) electrons. The number of nitrogens with zero attached hydrogens (tertiary/aromatic N) is 3. The minimum absolute atomic E-state index is 0.0427. The summed E-state index contributed by atoms with van der Waals surface area (Å²) < 4.78 is 5.02. The van der Waals surface area contributed by atoms with Crippen LogP contribution in [-0.4, -0.2) is 30.9 Å². The second-order valence-electron chi connectivity index (χ2n) is 7.98. The van der Waals surface area contributed by atoms with Crippen LogP contribution in [0.3, 0.4) is 0 Å². The number of ether oxygens (including phenoxy) is 1. The van der Waals surface area contributed by atoms with Crippen LogP contribution in [0.15, 0.2) is 90.0 Å². The summed E-state index contributed by atoms with van der Waals surface area (Å²) in [6, 6.07) is 27.5. The third-order valence-electron chi connectivity index (χ3n) is 5.81. The van der Waals surface area contributed by atoms with Crippen molar-refractivity contribution in [2.24, 2.45) is 5.10 Å². The highest BCUT2D eigenvalue weighted by atomic mass is 16.6. The molecule has 1 atom stereocenters. The Morgan fingerprint density at radius 1 is 0.970 bits per heavy atom. The molecule has 0 bridgehead atoms. The molecule has 33 heavy (non-hydrogen) atoms. The molecule has 0 spiro atoms. The number of benzene rings is 3. The summed E-state index contributed by atoms with van der Waals surface area (Å²) in [5, 5.41) is 9.59. The van der Waals surface area contributed by atoms with E-state index in [1.54, 1.807) is 4.90 Å². The van der Waals surface area contributed by atoms with Gasteiger partial charge in [-0.05, 0) is 35.4 Å². The van der Waals surface area contributed by atoms with Crippen LogP contribution in [0, 0.1) is 0 Å². The van der Waals surface area contributed by atoms with Gasteiger partial charge in [0.2, 0.25) is 0 Å². The Labute approximate surface area is 192 Å². The van der Waals surface area contributed by atoms with Crippen molar-refractivity contribution in [2.75, 3.05) is 23.1 Å². The maximum absolute atomic E-state index is 13.0. The van der Waals surface area contributed by atoms with Gasteiger partial charge in [-0.2, -0.15) is 5.10 Å². The number of carbonyl (C=O) groups excluding carboxylic acids is 2. The predicted octanol–water partition coefficient (Wildman–Crippen LogP) is 4.27. The number of carbonyl (C=O) groups is 2. The van der Waals surface area contributed by atoms with Gasteiger partial charge >= 0.3 is 6.09 Å². The van der Waals surface area contributed by atoms with Crippen molar-refractivity contribution in [1.29, 1.82) is 0 Å². The van der Waals surface area contributed by atoms with Gasteiger partial charge in [0.25, 0.3) is 5.91 Å². The standard InChI is InChI=1S/C26H24N4O3/c31-25(27-18-19-8-7-13-22(16-19)29-14-15-33-26(29)32)23-17-24(20-9-3-1-4-10-20)30(28-23)21-11-5-2-6-12-21/h1-13,16,24H,14-15,17-18H2,(H,27,31). The van der Waals surface area contributed by atoms with Crippen LogP contribution in [0.25, 0.3) is 0 Å². The number of amides is 2. The van der Waals surface area contributed by atoms with Crippen molar-refractivity contribution in [3.05, 3.63) is 96.1 Å². The average Bonchev–Trinajstić information content (AvgIpc) is 3.51. The number of nitrogens with one attached hydrogen (secondary N) is 1. The zero-order valence-corrected chi connectivity index (χ0v) is 18.1. The van der Waals surface area contributed by atoms with Crippen molar-refractivity contribution in [1.82, 2.24) is 5.32 Å². The van der Waals surface area contributed by atoms with E-state index in [1.165, 1.54) is 0 Å². The Balaban J connectivity index is 1.31. The maximum atomic E-state index is 13.0. The highest BCUT2D eigenvalue weighted by Gasteiger charge is 2.32. The van der Waals surface area contributed by atoms with E-state index in [1.807, 2.05) is 77.8 Å². The summed E-state index contributed by atoms with van der Waals surface area (Å²) in [5.74, 6) is -0.194. The maximum Gasteiger partial charge on any atom is 0.414 e. The molecule has 1 saturated heterocycles. The first-order valence-electron chi connectivity index (χ1n) is 11.0. The van der Waals surface area contributed by atoms with Crippen molar-refractivity contribution >= 4 is 29.1 Å². The quantitative estimate of drug-likeness (QED) is 0.621. The summed E-state index contributed by atoms with van der Waals surface area (Å²) in [6.07, 6.45) is 0.175. The normalized spacial score (nSPS) is 17.6. The van der Waals surface area contributed by atoms with E-state index >= 15 is 0 Å². The lowest BCUT2D eigenvalue weighted by molar-refractivity contribution is -0.115. The van der Waals surface area contributed by atoms with E-state index in [2.05, 4.69) is 22.6 Å². The first kappa shape index (κ1) is 20.8. The smallest absolute Gasteiger partial charge is 0.414 e. The van der Waals surface area contributed by atoms with Crippen molar-refractivity contribution in [3.8, 4) is 0 Å². The molecule has 0 aromatic heterocycles. The molecule has 1 N–H and O–H groups in total. The zero-order chi connectivity index (χ0) is 22.6. The number of anilines is 2. The van der Waals surface area contributed by atoms with E-state index in [0.717, 1.165) is 22.5 Å². The SMILES string of the molecule is O=C(NCc1cccc(N2CCOC2=O)c1)C1=NN(c2ccccc2)C(c2ccccc2)C1. The van der Waals surface area contributed by atoms with E-state index in [-0.39, 0.29) is 18.0 Å². The van der Waals surface area contributed by atoms with E-state index in [0.29, 0.717) is 31.8 Å². The number of hydrazone groups is 1. The first-order valence-corrected chi connectivity index (χ1v) is 11.0. The van der Waals surface area contributed by atoms with Crippen LogP contribution in [0.1, 0.15) is 23.6 Å². The number of hydrogen-bond donors (Lipinski definition) is 1. The largest absolute Gasteiger partial charge is 0.447 e. The van der Waals surface area contributed by atoms with Crippen LogP contribution in [-0.2, 0) is 16.1 Å². The van der Waals surface area contributed by atoms with E-state index in [4.69, 9.17) is 4.74 Å². The molecule has 0 aliphatic carbocycles. The van der Waals surface area contributed by atoms with E-state index < -0.39 is 0 Å². The fourth-order valence-corrected chi connectivity index (χ4v) is 4.15. The molecule has 3 aromatic rings. The first-order chi connectivity index (χ1) is 16.2. The van der Waals surface area contributed by atoms with Gasteiger partial charge in [-0.25, -0.2) is 4.79 Å². The number of hydrogen-bond acceptors (Lipinski definition) is 5. The van der Waals surface area contributed by atoms with Crippen LogP contribution < -0.4 is 15.2 Å². The van der Waals surface area contributed by atoms with Crippen molar-refractivity contribution in [2.45, 2.75) is 19.0 Å². The average molecular weight is 441 g/mol. The molecular formula is C26H24N4O3. The van der Waals surface area contributed by atoms with Gasteiger partial charge in [0.05, 0.1) is 18.3 Å². The summed E-state index contributed by atoms with van der Waals surface area (Å²) in [4.78, 5) is 26.4. The van der Waals surface area contributed by atoms with Crippen LogP contribution in [0.5, 0.6) is 0 Å². The Hall–Kier alpha value is -4.13. The molecule has 166 valence electrons. The zero-order valence-electron chi connectivity index (χ0n) is 18.1. The summed E-state index contributed by atoms with van der Waals surface area (Å²) in [6.45, 7) is 1.26. The highest BCUT2D eigenvalue weighted by Crippen LogP contribution is 2.35. The molecular weight excluding hydrogens is 416 g/mol. The van der Waals surface area contributed by atoms with Crippen molar-refractivity contribution < 1.29 is 14.3 Å². The fraction of sp³-hybridized carbons (Fsp3) is 0.192. The van der Waals surface area contributed by atoms with Crippen LogP contribution in [0.4, 0.5) is 16.2 Å². The monoisotopic (exact) mass is 440 g/mol. The Bertz CT molecular complexity index is 1180. The van der Waals surface area contributed by atoms with Gasteiger partial charge in [0.1, 0.15) is 12.3 Å². The van der Waals surface area contributed by atoms with Gasteiger partial charge in [0, 0.05) is 18.7 Å². The Morgan fingerprint density at radius 3 is 2.42 bits per heavy atom. The molecule has 2 aliphatic rings. The third-order valence-corrected chi connectivity index (χ3v) is 5.81. The Kier molecular flexibility index (Phi) is 5.76. The summed E-state index contributed by atoms with van der Waals surface area (Å²) in [7, 11) is 0. The summed E-state index contributed by atoms with van der Waals surface area (Å²) >= 11 is 0. The lowest BCUT2D eigenvalue weighted by Crippen LogP contribution is -2.30.